The molecule has 0 saturated heterocycles. The first-order valence-corrected chi connectivity index (χ1v) is 4.84. The molecule has 5 nitrogen and oxygen atoms in total. The maximum absolute atomic E-state index is 11.6. The van der Waals surface area contributed by atoms with Gasteiger partial charge in [0.05, 0.1) is 18.4 Å². The van der Waals surface area contributed by atoms with Crippen LogP contribution in [0, 0.1) is 0 Å². The Balaban J connectivity index is 2.45. The number of nitrogens with zero attached hydrogens (tertiary/aromatic N) is 2. The van der Waals surface area contributed by atoms with Gasteiger partial charge in [0.15, 0.2) is 0 Å². The van der Waals surface area contributed by atoms with E-state index in [0.717, 1.165) is 0 Å². The number of hydrogen-bond acceptors (Lipinski definition) is 4. The summed E-state index contributed by atoms with van der Waals surface area (Å²) in [5, 5.41) is 0. The molecule has 0 bridgehead atoms. The molecule has 1 heterocycles. The van der Waals surface area contributed by atoms with Crippen LogP contribution in [0.25, 0.3) is 0 Å². The fraction of sp³-hybridized carbons (Fsp3) is 0.364. The highest BCUT2D eigenvalue weighted by Gasteiger charge is 2.27. The van der Waals surface area contributed by atoms with Gasteiger partial charge in [-0.05, 0) is 13.0 Å². The summed E-state index contributed by atoms with van der Waals surface area (Å²) < 4.78 is 10.4. The fourth-order valence-corrected chi connectivity index (χ4v) is 1.65. The lowest BCUT2D eigenvalue weighted by molar-refractivity contribution is -0.114. The molecular formula is C11H12N2O3. The van der Waals surface area contributed by atoms with Gasteiger partial charge >= 0.3 is 0 Å². The zero-order valence-electron chi connectivity index (χ0n) is 9.35. The third-order valence-corrected chi connectivity index (χ3v) is 2.42. The van der Waals surface area contributed by atoms with Crippen LogP contribution >= 0.6 is 0 Å². The minimum absolute atomic E-state index is 0.282. The van der Waals surface area contributed by atoms with Gasteiger partial charge in [-0.3, -0.25) is 4.79 Å². The van der Waals surface area contributed by atoms with Crippen LogP contribution in [0.2, 0.25) is 0 Å². The molecule has 0 spiro atoms. The molecule has 2 rings (SSSR count). The summed E-state index contributed by atoms with van der Waals surface area (Å²) in [6, 6.07) is 0. The van der Waals surface area contributed by atoms with E-state index in [1.54, 1.807) is 33.3 Å². The highest BCUT2D eigenvalue weighted by molar-refractivity contribution is 6.32. The van der Waals surface area contributed by atoms with Gasteiger partial charge in [-0.25, -0.2) is 4.99 Å². The predicted octanol–water partition coefficient (Wildman–Crippen LogP) is 0.871. The third kappa shape index (κ3) is 1.69. The van der Waals surface area contributed by atoms with Crippen molar-refractivity contribution in [3.8, 4) is 0 Å². The Morgan fingerprint density at radius 2 is 2.06 bits per heavy atom. The van der Waals surface area contributed by atoms with E-state index in [1.807, 2.05) is 0 Å². The molecule has 0 N–H and O–H groups in total. The van der Waals surface area contributed by atoms with Crippen molar-refractivity contribution < 1.29 is 14.3 Å². The second kappa shape index (κ2) is 4.02. The van der Waals surface area contributed by atoms with E-state index in [1.165, 1.54) is 0 Å². The molecule has 84 valence electrons. The number of amidine groups is 1. The molecule has 0 fully saturated rings. The molecule has 0 aromatic carbocycles. The molecule has 1 unspecified atom stereocenters. The Bertz CT molecular complexity index is 458. The first-order chi connectivity index (χ1) is 7.65. The normalized spacial score (nSPS) is 23.9. The molecule has 1 amide bonds. The first-order valence-electron chi connectivity index (χ1n) is 4.84. The quantitative estimate of drug-likeness (QED) is 0.693. The summed E-state index contributed by atoms with van der Waals surface area (Å²) in [6.45, 7) is 1.68. The van der Waals surface area contributed by atoms with Crippen molar-refractivity contribution in [2.45, 2.75) is 13.0 Å². The lowest BCUT2D eigenvalue weighted by Gasteiger charge is -2.22. The van der Waals surface area contributed by atoms with Crippen molar-refractivity contribution in [1.29, 1.82) is 0 Å². The van der Waals surface area contributed by atoms with E-state index in [9.17, 15) is 4.79 Å². The standard InChI is InChI=1S/C11H12N2O3/c1-6-12-8-5-10(16-3)9(15-2)4-7(8)11(14)13-6/h4-5,9H,1-3H3. The summed E-state index contributed by atoms with van der Waals surface area (Å²) >= 11 is 0. The number of allylic oxidation sites excluding steroid dienone is 1. The van der Waals surface area contributed by atoms with Crippen LogP contribution in [0.15, 0.2) is 33.5 Å². The summed E-state index contributed by atoms with van der Waals surface area (Å²) in [6.07, 6.45) is 3.03. The monoisotopic (exact) mass is 220 g/mol. The summed E-state index contributed by atoms with van der Waals surface area (Å²) in [5.41, 5.74) is 1.06. The number of rotatable bonds is 2. The minimum atomic E-state index is -0.350. The van der Waals surface area contributed by atoms with E-state index in [2.05, 4.69) is 9.98 Å². The zero-order chi connectivity index (χ0) is 11.7. The molecule has 5 heteroatoms. The molecule has 1 aliphatic carbocycles. The molecule has 2 aliphatic rings. The molecule has 0 aromatic rings. The lowest BCUT2D eigenvalue weighted by Crippen LogP contribution is -2.26. The summed E-state index contributed by atoms with van der Waals surface area (Å²) in [5.74, 6) is 0.808. The zero-order valence-corrected chi connectivity index (χ0v) is 9.35. The number of fused-ring (bicyclic) bond motifs is 1. The van der Waals surface area contributed by atoms with Gasteiger partial charge < -0.3 is 9.47 Å². The highest BCUT2D eigenvalue weighted by Crippen LogP contribution is 2.22. The van der Waals surface area contributed by atoms with Crippen molar-refractivity contribution in [3.63, 3.8) is 0 Å². The Hall–Kier alpha value is -1.75. The largest absolute Gasteiger partial charge is 0.498 e. The molecule has 1 aliphatic heterocycles. The van der Waals surface area contributed by atoms with Gasteiger partial charge in [0, 0.05) is 13.2 Å². The molecule has 1 atom stereocenters. The van der Waals surface area contributed by atoms with Crippen LogP contribution in [-0.4, -0.2) is 37.8 Å². The fourth-order valence-electron chi connectivity index (χ4n) is 1.65. The number of methoxy groups -OCH3 is 2. The maximum Gasteiger partial charge on any atom is 0.280 e. The second-order valence-corrected chi connectivity index (χ2v) is 3.45. The van der Waals surface area contributed by atoms with E-state index in [-0.39, 0.29) is 12.0 Å². The van der Waals surface area contributed by atoms with Crippen LogP contribution in [0.4, 0.5) is 0 Å². The predicted molar refractivity (Wildman–Crippen MR) is 59.5 cm³/mol. The van der Waals surface area contributed by atoms with E-state index >= 15 is 0 Å². The van der Waals surface area contributed by atoms with Crippen molar-refractivity contribution >= 4 is 17.5 Å². The van der Waals surface area contributed by atoms with E-state index < -0.39 is 0 Å². The number of carbonyl (C=O) groups is 1. The van der Waals surface area contributed by atoms with Gasteiger partial charge in [-0.15, -0.1) is 0 Å². The van der Waals surface area contributed by atoms with Gasteiger partial charge in [0.25, 0.3) is 5.91 Å². The van der Waals surface area contributed by atoms with Crippen molar-refractivity contribution in [2.24, 2.45) is 9.98 Å². The second-order valence-electron chi connectivity index (χ2n) is 3.45. The molecule has 0 radical (unpaired) electrons. The van der Waals surface area contributed by atoms with E-state index in [4.69, 9.17) is 9.47 Å². The van der Waals surface area contributed by atoms with Gasteiger partial charge in [0.1, 0.15) is 17.7 Å². The third-order valence-electron chi connectivity index (χ3n) is 2.42. The molecule has 16 heavy (non-hydrogen) atoms. The van der Waals surface area contributed by atoms with Crippen LogP contribution in [0.5, 0.6) is 0 Å². The topological polar surface area (TPSA) is 60.2 Å². The number of ether oxygens (including phenoxy) is 2. The van der Waals surface area contributed by atoms with Crippen LogP contribution in [0.3, 0.4) is 0 Å². The Morgan fingerprint density at radius 3 is 2.69 bits per heavy atom. The van der Waals surface area contributed by atoms with E-state index in [0.29, 0.717) is 22.9 Å². The SMILES string of the molecule is COC1=CC2=NC(C)=NC(=O)C2=CC1OC. The van der Waals surface area contributed by atoms with Crippen molar-refractivity contribution in [3.05, 3.63) is 23.5 Å². The first kappa shape index (κ1) is 10.8. The van der Waals surface area contributed by atoms with Gasteiger partial charge in [0.2, 0.25) is 0 Å². The average Bonchev–Trinajstić information content (AvgIpc) is 2.27. The van der Waals surface area contributed by atoms with Gasteiger partial charge in [-0.1, -0.05) is 0 Å². The highest BCUT2D eigenvalue weighted by atomic mass is 16.5. The number of carbonyl (C=O) groups excluding carboxylic acids is 1. The number of aliphatic imine (C=N–C) groups is 2. The number of hydrogen-bond donors (Lipinski definition) is 0. The number of amides is 1. The van der Waals surface area contributed by atoms with Gasteiger partial charge in [-0.2, -0.15) is 4.99 Å². The minimum Gasteiger partial charge on any atom is -0.498 e. The summed E-state index contributed by atoms with van der Waals surface area (Å²) in [7, 11) is 3.11. The smallest absolute Gasteiger partial charge is 0.280 e. The molecule has 0 aromatic heterocycles. The Kier molecular flexibility index (Phi) is 2.70. The average molecular weight is 220 g/mol. The van der Waals surface area contributed by atoms with Crippen LogP contribution in [-0.2, 0) is 14.3 Å². The maximum atomic E-state index is 11.6. The lowest BCUT2D eigenvalue weighted by atomic mass is 9.99. The van der Waals surface area contributed by atoms with Crippen molar-refractivity contribution in [1.82, 2.24) is 0 Å². The van der Waals surface area contributed by atoms with Crippen LogP contribution < -0.4 is 0 Å². The van der Waals surface area contributed by atoms with Crippen molar-refractivity contribution in [2.75, 3.05) is 14.2 Å². The Labute approximate surface area is 93.2 Å². The summed E-state index contributed by atoms with van der Waals surface area (Å²) in [4.78, 5) is 19.6. The molecule has 0 saturated carbocycles. The van der Waals surface area contributed by atoms with Crippen LogP contribution in [0.1, 0.15) is 6.92 Å². The Morgan fingerprint density at radius 1 is 1.31 bits per heavy atom. The molecular weight excluding hydrogens is 208 g/mol.